The van der Waals surface area contributed by atoms with Crippen LogP contribution in [0.3, 0.4) is 0 Å². The summed E-state index contributed by atoms with van der Waals surface area (Å²) in [5.41, 5.74) is 1.04. The molecule has 1 aromatic rings. The molecule has 114 valence electrons. The molecule has 1 heterocycles. The monoisotopic (exact) mass is 294 g/mol. The van der Waals surface area contributed by atoms with Gasteiger partial charge in [0.2, 0.25) is 5.91 Å². The van der Waals surface area contributed by atoms with Crippen LogP contribution in [0.25, 0.3) is 0 Å². The van der Waals surface area contributed by atoms with E-state index in [-0.39, 0.29) is 18.4 Å². The van der Waals surface area contributed by atoms with E-state index >= 15 is 0 Å². The predicted octanol–water partition coefficient (Wildman–Crippen LogP) is 1.85. The quantitative estimate of drug-likeness (QED) is 0.842. The second-order valence-corrected chi connectivity index (χ2v) is 4.97. The molecule has 0 bridgehead atoms. The average molecular weight is 294 g/mol. The molecule has 0 radical (unpaired) electrons. The van der Waals surface area contributed by atoms with Crippen LogP contribution in [0.5, 0.6) is 0 Å². The normalized spacial score (nSPS) is 18.5. The maximum Gasteiger partial charge on any atom is 0.338 e. The fraction of sp³-hybridized carbons (Fsp3) is 0.467. The van der Waals surface area contributed by atoms with Gasteiger partial charge in [0.15, 0.2) is 0 Å². The lowest BCUT2D eigenvalue weighted by Gasteiger charge is -2.14. The van der Waals surface area contributed by atoms with Gasteiger partial charge in [-0.3, -0.25) is 9.69 Å². The van der Waals surface area contributed by atoms with E-state index in [9.17, 15) is 14.0 Å². The van der Waals surface area contributed by atoms with Crippen LogP contribution in [0.15, 0.2) is 24.3 Å². The van der Waals surface area contributed by atoms with E-state index < -0.39 is 6.17 Å². The van der Waals surface area contributed by atoms with Crippen LogP contribution in [-0.4, -0.2) is 49.2 Å². The Morgan fingerprint density at radius 1 is 1.38 bits per heavy atom. The first-order valence-electron chi connectivity index (χ1n) is 7.02. The molecule has 1 saturated heterocycles. The van der Waals surface area contributed by atoms with Crippen molar-refractivity contribution < 1.29 is 18.7 Å². The Morgan fingerprint density at radius 2 is 2.10 bits per heavy atom. The summed E-state index contributed by atoms with van der Waals surface area (Å²) < 4.78 is 17.9. The molecule has 1 aromatic carbocycles. The van der Waals surface area contributed by atoms with Gasteiger partial charge >= 0.3 is 5.97 Å². The number of amides is 1. The van der Waals surface area contributed by atoms with Crippen molar-refractivity contribution in [2.45, 2.75) is 19.5 Å². The van der Waals surface area contributed by atoms with Crippen molar-refractivity contribution >= 4 is 17.6 Å². The third kappa shape index (κ3) is 4.53. The van der Waals surface area contributed by atoms with Crippen LogP contribution in [0, 0.1) is 0 Å². The Kier molecular flexibility index (Phi) is 5.27. The number of alkyl halides is 1. The number of hydrogen-bond acceptors (Lipinski definition) is 4. The maximum absolute atomic E-state index is 13.0. The number of esters is 1. The zero-order valence-electron chi connectivity index (χ0n) is 12.0. The van der Waals surface area contributed by atoms with E-state index in [1.165, 1.54) is 0 Å². The molecule has 5 nitrogen and oxygen atoms in total. The summed E-state index contributed by atoms with van der Waals surface area (Å²) in [7, 11) is 0. The van der Waals surface area contributed by atoms with Crippen molar-refractivity contribution in [1.82, 2.24) is 4.90 Å². The Hall–Kier alpha value is -1.95. The molecule has 1 N–H and O–H groups in total. The zero-order valence-corrected chi connectivity index (χ0v) is 12.0. The third-order valence-corrected chi connectivity index (χ3v) is 3.26. The van der Waals surface area contributed by atoms with E-state index in [0.29, 0.717) is 37.4 Å². The minimum Gasteiger partial charge on any atom is -0.462 e. The predicted molar refractivity (Wildman–Crippen MR) is 77.0 cm³/mol. The highest BCUT2D eigenvalue weighted by Gasteiger charge is 2.23. The molecule has 1 fully saturated rings. The number of carbonyl (C=O) groups excluding carboxylic acids is 2. The van der Waals surface area contributed by atoms with Gasteiger partial charge in [-0.1, -0.05) is 0 Å². The molecule has 0 spiro atoms. The van der Waals surface area contributed by atoms with Crippen molar-refractivity contribution in [3.63, 3.8) is 0 Å². The molecular weight excluding hydrogens is 275 g/mol. The number of carbonyl (C=O) groups is 2. The molecule has 1 aliphatic heterocycles. The average Bonchev–Trinajstić information content (AvgIpc) is 2.85. The number of halogens is 1. The van der Waals surface area contributed by atoms with Crippen LogP contribution in [0.1, 0.15) is 23.7 Å². The summed E-state index contributed by atoms with van der Waals surface area (Å²) in [6, 6.07) is 6.49. The SMILES string of the molecule is CCOC(=O)c1ccc(NC(=O)CN2CCC(F)C2)cc1. The first-order valence-corrected chi connectivity index (χ1v) is 7.02. The molecule has 6 heteroatoms. The summed E-state index contributed by atoms with van der Waals surface area (Å²) >= 11 is 0. The van der Waals surface area contributed by atoms with Crippen LogP contribution < -0.4 is 5.32 Å². The number of ether oxygens (including phenoxy) is 1. The molecule has 0 saturated carbocycles. The second kappa shape index (κ2) is 7.17. The number of anilines is 1. The fourth-order valence-corrected chi connectivity index (χ4v) is 2.24. The number of likely N-dealkylation sites (tertiary alicyclic amines) is 1. The van der Waals surface area contributed by atoms with Crippen LogP contribution in [0.4, 0.5) is 10.1 Å². The molecule has 21 heavy (non-hydrogen) atoms. The van der Waals surface area contributed by atoms with Crippen molar-refractivity contribution in [2.75, 3.05) is 31.6 Å². The van der Waals surface area contributed by atoms with Gasteiger partial charge in [0, 0.05) is 18.8 Å². The molecule has 0 aliphatic carbocycles. The largest absolute Gasteiger partial charge is 0.462 e. The van der Waals surface area contributed by atoms with E-state index in [1.54, 1.807) is 36.1 Å². The number of nitrogens with zero attached hydrogens (tertiary/aromatic N) is 1. The molecule has 2 rings (SSSR count). The summed E-state index contributed by atoms with van der Waals surface area (Å²) in [4.78, 5) is 25.1. The molecular formula is C15H19FN2O3. The highest BCUT2D eigenvalue weighted by atomic mass is 19.1. The van der Waals surface area contributed by atoms with E-state index in [4.69, 9.17) is 4.74 Å². The lowest BCUT2D eigenvalue weighted by molar-refractivity contribution is -0.117. The highest BCUT2D eigenvalue weighted by molar-refractivity contribution is 5.94. The molecule has 1 atom stereocenters. The van der Waals surface area contributed by atoms with Gasteiger partial charge in [0.05, 0.1) is 18.7 Å². The van der Waals surface area contributed by atoms with Gasteiger partial charge in [-0.05, 0) is 37.6 Å². The summed E-state index contributed by atoms with van der Waals surface area (Å²) in [6.45, 7) is 3.17. The third-order valence-electron chi connectivity index (χ3n) is 3.26. The van der Waals surface area contributed by atoms with Gasteiger partial charge in [-0.25, -0.2) is 9.18 Å². The highest BCUT2D eigenvalue weighted by Crippen LogP contribution is 2.13. The van der Waals surface area contributed by atoms with Gasteiger partial charge in [0.1, 0.15) is 6.17 Å². The number of nitrogens with one attached hydrogen (secondary N) is 1. The number of rotatable bonds is 5. The Morgan fingerprint density at radius 3 is 2.67 bits per heavy atom. The summed E-state index contributed by atoms with van der Waals surface area (Å²) in [5.74, 6) is -0.575. The van der Waals surface area contributed by atoms with Gasteiger partial charge < -0.3 is 10.1 Å². The smallest absolute Gasteiger partial charge is 0.338 e. The van der Waals surface area contributed by atoms with E-state index in [1.807, 2.05) is 0 Å². The first-order chi connectivity index (χ1) is 10.1. The maximum atomic E-state index is 13.0. The van der Waals surface area contributed by atoms with E-state index in [2.05, 4.69) is 5.32 Å². The summed E-state index contributed by atoms with van der Waals surface area (Å²) in [5, 5.41) is 2.73. The number of benzene rings is 1. The number of hydrogen-bond donors (Lipinski definition) is 1. The Labute approximate surface area is 123 Å². The lowest BCUT2D eigenvalue weighted by atomic mass is 10.2. The van der Waals surface area contributed by atoms with Crippen molar-refractivity contribution in [3.05, 3.63) is 29.8 Å². The first kappa shape index (κ1) is 15.4. The molecule has 1 amide bonds. The van der Waals surface area contributed by atoms with Gasteiger partial charge in [0.25, 0.3) is 0 Å². The topological polar surface area (TPSA) is 58.6 Å². The minimum atomic E-state index is -0.832. The molecule has 1 unspecified atom stereocenters. The molecule has 0 aromatic heterocycles. The molecule has 1 aliphatic rings. The van der Waals surface area contributed by atoms with Crippen molar-refractivity contribution in [1.29, 1.82) is 0 Å². The standard InChI is InChI=1S/C15H19FN2O3/c1-2-21-15(20)11-3-5-13(6-4-11)17-14(19)10-18-8-7-12(16)9-18/h3-6,12H,2,7-10H2,1H3,(H,17,19). The van der Waals surface area contributed by atoms with E-state index in [0.717, 1.165) is 0 Å². The summed E-state index contributed by atoms with van der Waals surface area (Å²) in [6.07, 6.45) is -0.344. The van der Waals surface area contributed by atoms with Gasteiger partial charge in [-0.15, -0.1) is 0 Å². The minimum absolute atomic E-state index is 0.181. The van der Waals surface area contributed by atoms with Crippen LogP contribution >= 0.6 is 0 Å². The zero-order chi connectivity index (χ0) is 15.2. The van der Waals surface area contributed by atoms with Gasteiger partial charge in [-0.2, -0.15) is 0 Å². The Balaban J connectivity index is 1.85. The van der Waals surface area contributed by atoms with Crippen LogP contribution in [0.2, 0.25) is 0 Å². The second-order valence-electron chi connectivity index (χ2n) is 4.97. The van der Waals surface area contributed by atoms with Crippen molar-refractivity contribution in [2.24, 2.45) is 0 Å². The fourth-order valence-electron chi connectivity index (χ4n) is 2.24. The lowest BCUT2D eigenvalue weighted by Crippen LogP contribution is -2.31. The van der Waals surface area contributed by atoms with Crippen molar-refractivity contribution in [3.8, 4) is 0 Å². The van der Waals surface area contributed by atoms with Crippen LogP contribution in [-0.2, 0) is 9.53 Å². The Bertz CT molecular complexity index is 504.